The van der Waals surface area contributed by atoms with Crippen LogP contribution in [-0.2, 0) is 4.74 Å². The lowest BCUT2D eigenvalue weighted by Crippen LogP contribution is -2.42. The Morgan fingerprint density at radius 2 is 2.06 bits per heavy atom. The summed E-state index contributed by atoms with van der Waals surface area (Å²) in [5, 5.41) is 0. The number of hydrogen-bond acceptors (Lipinski definition) is 4. The lowest BCUT2D eigenvalue weighted by molar-refractivity contribution is 0.0330. The molecule has 4 nitrogen and oxygen atoms in total. The Balaban J connectivity index is 2.16. The summed E-state index contributed by atoms with van der Waals surface area (Å²) in [6, 6.07) is 0. The van der Waals surface area contributed by atoms with Gasteiger partial charge < -0.3 is 15.4 Å². The Hall–Kier alpha value is -0.160. The molecule has 0 aromatic rings. The average Bonchev–Trinajstić information content (AvgIpc) is 2.35. The Morgan fingerprint density at radius 1 is 1.38 bits per heavy atom. The van der Waals surface area contributed by atoms with Gasteiger partial charge in [0.05, 0.1) is 13.2 Å². The SMILES string of the molecule is CCN(CCN1CCOCC1)CC(C)CN. The second kappa shape index (κ2) is 8.01. The van der Waals surface area contributed by atoms with Gasteiger partial charge in [0.1, 0.15) is 0 Å². The van der Waals surface area contributed by atoms with Gasteiger partial charge in [-0.05, 0) is 19.0 Å². The predicted molar refractivity (Wildman–Crippen MR) is 67.6 cm³/mol. The highest BCUT2D eigenvalue weighted by Crippen LogP contribution is 2.01. The van der Waals surface area contributed by atoms with Crippen molar-refractivity contribution in [2.75, 3.05) is 59.0 Å². The van der Waals surface area contributed by atoms with Crippen LogP contribution in [0, 0.1) is 5.92 Å². The second-order valence-electron chi connectivity index (χ2n) is 4.69. The maximum absolute atomic E-state index is 5.66. The molecule has 16 heavy (non-hydrogen) atoms. The van der Waals surface area contributed by atoms with E-state index in [0.717, 1.165) is 59.0 Å². The molecule has 1 heterocycles. The van der Waals surface area contributed by atoms with Crippen molar-refractivity contribution >= 4 is 0 Å². The first-order valence-corrected chi connectivity index (χ1v) is 6.48. The quantitative estimate of drug-likeness (QED) is 0.679. The number of rotatable bonds is 7. The molecule has 0 radical (unpaired) electrons. The summed E-state index contributed by atoms with van der Waals surface area (Å²) < 4.78 is 5.34. The van der Waals surface area contributed by atoms with Crippen LogP contribution in [0.25, 0.3) is 0 Å². The summed E-state index contributed by atoms with van der Waals surface area (Å²) in [5.74, 6) is 0.602. The van der Waals surface area contributed by atoms with Crippen LogP contribution in [0.1, 0.15) is 13.8 Å². The highest BCUT2D eigenvalue weighted by Gasteiger charge is 2.12. The van der Waals surface area contributed by atoms with Crippen molar-refractivity contribution in [3.63, 3.8) is 0 Å². The van der Waals surface area contributed by atoms with Gasteiger partial charge in [0.15, 0.2) is 0 Å². The van der Waals surface area contributed by atoms with E-state index in [1.54, 1.807) is 0 Å². The summed E-state index contributed by atoms with van der Waals surface area (Å²) in [4.78, 5) is 4.98. The smallest absolute Gasteiger partial charge is 0.0594 e. The molecule has 2 N–H and O–H groups in total. The van der Waals surface area contributed by atoms with E-state index in [1.165, 1.54) is 0 Å². The van der Waals surface area contributed by atoms with Gasteiger partial charge >= 0.3 is 0 Å². The van der Waals surface area contributed by atoms with E-state index >= 15 is 0 Å². The van der Waals surface area contributed by atoms with Crippen molar-refractivity contribution in [3.05, 3.63) is 0 Å². The molecule has 1 saturated heterocycles. The molecule has 4 heteroatoms. The molecule has 0 aromatic heterocycles. The van der Waals surface area contributed by atoms with Crippen molar-refractivity contribution < 1.29 is 4.74 Å². The Morgan fingerprint density at radius 3 is 2.62 bits per heavy atom. The first-order chi connectivity index (χ1) is 7.76. The molecule has 0 spiro atoms. The molecule has 1 atom stereocenters. The highest BCUT2D eigenvalue weighted by atomic mass is 16.5. The van der Waals surface area contributed by atoms with Gasteiger partial charge in [0, 0.05) is 32.7 Å². The summed E-state index contributed by atoms with van der Waals surface area (Å²) in [6.45, 7) is 13.8. The van der Waals surface area contributed by atoms with Gasteiger partial charge in [-0.2, -0.15) is 0 Å². The van der Waals surface area contributed by atoms with Gasteiger partial charge in [-0.3, -0.25) is 4.90 Å². The lowest BCUT2D eigenvalue weighted by atomic mass is 10.1. The van der Waals surface area contributed by atoms with Crippen molar-refractivity contribution in [2.45, 2.75) is 13.8 Å². The van der Waals surface area contributed by atoms with Crippen molar-refractivity contribution in [2.24, 2.45) is 11.7 Å². The predicted octanol–water partition coefficient (Wildman–Crippen LogP) is 0.235. The highest BCUT2D eigenvalue weighted by molar-refractivity contribution is 4.67. The molecule has 0 aromatic carbocycles. The molecule has 1 fully saturated rings. The van der Waals surface area contributed by atoms with Gasteiger partial charge in [-0.25, -0.2) is 0 Å². The standard InChI is InChI=1S/C12H27N3O/c1-3-14(11-12(2)10-13)4-5-15-6-8-16-9-7-15/h12H,3-11,13H2,1-2H3. The molecule has 1 rings (SSSR count). The summed E-state index contributed by atoms with van der Waals surface area (Å²) in [5.41, 5.74) is 5.66. The Bertz CT molecular complexity index is 172. The van der Waals surface area contributed by atoms with Gasteiger partial charge in [-0.1, -0.05) is 13.8 Å². The first kappa shape index (κ1) is 13.9. The minimum Gasteiger partial charge on any atom is -0.379 e. The van der Waals surface area contributed by atoms with E-state index in [1.807, 2.05) is 0 Å². The maximum Gasteiger partial charge on any atom is 0.0594 e. The minimum absolute atomic E-state index is 0.602. The number of nitrogens with two attached hydrogens (primary N) is 1. The van der Waals surface area contributed by atoms with Crippen LogP contribution in [-0.4, -0.2) is 68.8 Å². The van der Waals surface area contributed by atoms with Gasteiger partial charge in [-0.15, -0.1) is 0 Å². The number of ether oxygens (including phenoxy) is 1. The van der Waals surface area contributed by atoms with E-state index in [2.05, 4.69) is 23.6 Å². The molecule has 0 aliphatic carbocycles. The monoisotopic (exact) mass is 229 g/mol. The van der Waals surface area contributed by atoms with E-state index in [-0.39, 0.29) is 0 Å². The average molecular weight is 229 g/mol. The van der Waals surface area contributed by atoms with Crippen LogP contribution >= 0.6 is 0 Å². The van der Waals surface area contributed by atoms with Crippen molar-refractivity contribution in [1.29, 1.82) is 0 Å². The summed E-state index contributed by atoms with van der Waals surface area (Å²) >= 11 is 0. The van der Waals surface area contributed by atoms with Crippen LogP contribution in [0.5, 0.6) is 0 Å². The fourth-order valence-electron chi connectivity index (χ4n) is 2.00. The Kier molecular flexibility index (Phi) is 6.96. The van der Waals surface area contributed by atoms with Crippen molar-refractivity contribution in [3.8, 4) is 0 Å². The fraction of sp³-hybridized carbons (Fsp3) is 1.00. The zero-order chi connectivity index (χ0) is 11.8. The maximum atomic E-state index is 5.66. The summed E-state index contributed by atoms with van der Waals surface area (Å²) in [6.07, 6.45) is 0. The van der Waals surface area contributed by atoms with Gasteiger partial charge in [0.2, 0.25) is 0 Å². The molecule has 1 unspecified atom stereocenters. The molecular weight excluding hydrogens is 202 g/mol. The Labute approximate surface area is 99.7 Å². The largest absolute Gasteiger partial charge is 0.379 e. The zero-order valence-electron chi connectivity index (χ0n) is 10.8. The van der Waals surface area contributed by atoms with Gasteiger partial charge in [0.25, 0.3) is 0 Å². The molecule has 0 saturated carbocycles. The molecular formula is C12H27N3O. The fourth-order valence-corrected chi connectivity index (χ4v) is 2.00. The van der Waals surface area contributed by atoms with Crippen LogP contribution in [0.2, 0.25) is 0 Å². The summed E-state index contributed by atoms with van der Waals surface area (Å²) in [7, 11) is 0. The third-order valence-corrected chi connectivity index (χ3v) is 3.26. The topological polar surface area (TPSA) is 41.7 Å². The van der Waals surface area contributed by atoms with Crippen LogP contribution in [0.15, 0.2) is 0 Å². The van der Waals surface area contributed by atoms with E-state index in [4.69, 9.17) is 10.5 Å². The molecule has 0 bridgehead atoms. The van der Waals surface area contributed by atoms with E-state index in [0.29, 0.717) is 5.92 Å². The minimum atomic E-state index is 0.602. The number of likely N-dealkylation sites (N-methyl/N-ethyl adjacent to an activating group) is 1. The molecule has 1 aliphatic heterocycles. The van der Waals surface area contributed by atoms with Crippen LogP contribution in [0.3, 0.4) is 0 Å². The number of morpholine rings is 1. The molecule has 96 valence electrons. The zero-order valence-corrected chi connectivity index (χ0v) is 10.8. The third-order valence-electron chi connectivity index (χ3n) is 3.26. The second-order valence-corrected chi connectivity index (χ2v) is 4.69. The van der Waals surface area contributed by atoms with E-state index in [9.17, 15) is 0 Å². The third kappa shape index (κ3) is 5.25. The number of hydrogen-bond donors (Lipinski definition) is 1. The normalized spacial score (nSPS) is 20.2. The van der Waals surface area contributed by atoms with Crippen molar-refractivity contribution in [1.82, 2.24) is 9.80 Å². The van der Waals surface area contributed by atoms with Crippen LogP contribution < -0.4 is 5.73 Å². The van der Waals surface area contributed by atoms with Crippen LogP contribution in [0.4, 0.5) is 0 Å². The molecule has 1 aliphatic rings. The lowest BCUT2D eigenvalue weighted by Gasteiger charge is -2.30. The van der Waals surface area contributed by atoms with E-state index < -0.39 is 0 Å². The number of nitrogens with zero attached hydrogens (tertiary/aromatic N) is 2. The molecule has 0 amide bonds. The first-order valence-electron chi connectivity index (χ1n) is 6.48.